The Morgan fingerprint density at radius 3 is 2.45 bits per heavy atom. The van der Waals surface area contributed by atoms with Crippen LogP contribution in [0.5, 0.6) is 5.75 Å². The molecule has 3 rings (SSSR count). The number of anilines is 1. The first-order valence-electron chi connectivity index (χ1n) is 7.17. The number of pyridine rings is 1. The summed E-state index contributed by atoms with van der Waals surface area (Å²) < 4.78 is 0. The minimum atomic E-state index is 0.255. The Morgan fingerprint density at radius 2 is 1.73 bits per heavy atom. The average molecular weight is 290 g/mol. The lowest BCUT2D eigenvalue weighted by atomic mass is 10.1. The maximum atomic E-state index is 9.67. The second-order valence-electron chi connectivity index (χ2n) is 5.42. The van der Waals surface area contributed by atoms with E-state index in [1.54, 1.807) is 18.3 Å². The van der Waals surface area contributed by atoms with Gasteiger partial charge in [0.15, 0.2) is 0 Å². The van der Waals surface area contributed by atoms with Crippen LogP contribution in [0.4, 0.5) is 5.69 Å². The molecule has 0 radical (unpaired) electrons. The normalized spacial score (nSPS) is 11.2. The monoisotopic (exact) mass is 290 g/mol. The molecule has 3 nitrogen and oxygen atoms in total. The van der Waals surface area contributed by atoms with E-state index in [1.807, 2.05) is 32.3 Å². The SMILES string of the molecule is CN(C)c1ccc(/C=C\c2ccnc3ccc(O)cc23)cc1. The Labute approximate surface area is 130 Å². The van der Waals surface area contributed by atoms with Gasteiger partial charge in [-0.15, -0.1) is 0 Å². The fourth-order valence-corrected chi connectivity index (χ4v) is 2.37. The Bertz CT molecular complexity index is 820. The van der Waals surface area contributed by atoms with Crippen molar-refractivity contribution in [2.75, 3.05) is 19.0 Å². The van der Waals surface area contributed by atoms with Gasteiger partial charge in [-0.05, 0) is 47.5 Å². The van der Waals surface area contributed by atoms with Crippen LogP contribution in [-0.2, 0) is 0 Å². The maximum absolute atomic E-state index is 9.67. The largest absolute Gasteiger partial charge is 0.508 e. The van der Waals surface area contributed by atoms with E-state index in [0.717, 1.165) is 22.0 Å². The van der Waals surface area contributed by atoms with Crippen molar-refractivity contribution >= 4 is 28.7 Å². The lowest BCUT2D eigenvalue weighted by Gasteiger charge is -2.11. The Morgan fingerprint density at radius 1 is 0.955 bits per heavy atom. The molecule has 0 fully saturated rings. The van der Waals surface area contributed by atoms with Crippen molar-refractivity contribution < 1.29 is 5.11 Å². The van der Waals surface area contributed by atoms with Crippen molar-refractivity contribution in [2.45, 2.75) is 0 Å². The first-order chi connectivity index (χ1) is 10.6. The van der Waals surface area contributed by atoms with Gasteiger partial charge in [0.2, 0.25) is 0 Å². The summed E-state index contributed by atoms with van der Waals surface area (Å²) >= 11 is 0. The van der Waals surface area contributed by atoms with Crippen LogP contribution in [0.3, 0.4) is 0 Å². The maximum Gasteiger partial charge on any atom is 0.116 e. The number of hydrogen-bond acceptors (Lipinski definition) is 3. The molecule has 0 aliphatic heterocycles. The summed E-state index contributed by atoms with van der Waals surface area (Å²) in [6.45, 7) is 0. The number of phenolic OH excluding ortho intramolecular Hbond substituents is 1. The summed E-state index contributed by atoms with van der Waals surface area (Å²) in [6, 6.07) is 15.5. The Kier molecular flexibility index (Phi) is 3.79. The summed E-state index contributed by atoms with van der Waals surface area (Å²) in [4.78, 5) is 6.39. The van der Waals surface area contributed by atoms with E-state index >= 15 is 0 Å². The number of fused-ring (bicyclic) bond motifs is 1. The molecule has 0 spiro atoms. The van der Waals surface area contributed by atoms with Gasteiger partial charge in [-0.1, -0.05) is 24.3 Å². The molecule has 0 saturated heterocycles. The molecule has 0 saturated carbocycles. The molecule has 2 aromatic carbocycles. The molecule has 0 bridgehead atoms. The van der Waals surface area contributed by atoms with E-state index in [-0.39, 0.29) is 5.75 Å². The third-order valence-electron chi connectivity index (χ3n) is 3.62. The van der Waals surface area contributed by atoms with E-state index in [4.69, 9.17) is 0 Å². The van der Waals surface area contributed by atoms with Crippen LogP contribution in [0.25, 0.3) is 23.1 Å². The van der Waals surface area contributed by atoms with Gasteiger partial charge < -0.3 is 10.0 Å². The zero-order valence-corrected chi connectivity index (χ0v) is 12.7. The minimum absolute atomic E-state index is 0.255. The van der Waals surface area contributed by atoms with Gasteiger partial charge in [-0.3, -0.25) is 4.98 Å². The molecule has 0 amide bonds. The predicted octanol–water partition coefficient (Wildman–Crippen LogP) is 4.18. The van der Waals surface area contributed by atoms with E-state index in [9.17, 15) is 5.11 Å². The first-order valence-corrected chi connectivity index (χ1v) is 7.17. The van der Waals surface area contributed by atoms with Crippen LogP contribution < -0.4 is 4.90 Å². The van der Waals surface area contributed by atoms with Crippen LogP contribution in [0.15, 0.2) is 54.7 Å². The number of aromatic hydroxyl groups is 1. The number of phenols is 1. The summed E-state index contributed by atoms with van der Waals surface area (Å²) in [5, 5.41) is 10.6. The summed E-state index contributed by atoms with van der Waals surface area (Å²) in [5.74, 6) is 0.255. The number of hydrogen-bond donors (Lipinski definition) is 1. The summed E-state index contributed by atoms with van der Waals surface area (Å²) in [6.07, 6.45) is 5.90. The molecule has 0 aliphatic carbocycles. The van der Waals surface area contributed by atoms with Gasteiger partial charge in [0, 0.05) is 31.4 Å². The topological polar surface area (TPSA) is 36.4 Å². The second kappa shape index (κ2) is 5.90. The molecule has 1 aromatic heterocycles. The quantitative estimate of drug-likeness (QED) is 0.786. The van der Waals surface area contributed by atoms with Crippen molar-refractivity contribution in [1.29, 1.82) is 0 Å². The zero-order valence-electron chi connectivity index (χ0n) is 12.7. The predicted molar refractivity (Wildman–Crippen MR) is 93.1 cm³/mol. The highest BCUT2D eigenvalue weighted by atomic mass is 16.3. The molecular formula is C19H18N2O. The highest BCUT2D eigenvalue weighted by Crippen LogP contribution is 2.23. The van der Waals surface area contributed by atoms with Crippen LogP contribution in [-0.4, -0.2) is 24.2 Å². The van der Waals surface area contributed by atoms with Crippen molar-refractivity contribution in [3.8, 4) is 5.75 Å². The van der Waals surface area contributed by atoms with Crippen molar-refractivity contribution in [3.05, 3.63) is 65.9 Å². The minimum Gasteiger partial charge on any atom is -0.508 e. The Balaban J connectivity index is 1.93. The number of benzene rings is 2. The van der Waals surface area contributed by atoms with E-state index in [2.05, 4.69) is 40.2 Å². The van der Waals surface area contributed by atoms with Gasteiger partial charge in [0.05, 0.1) is 5.52 Å². The van der Waals surface area contributed by atoms with Crippen molar-refractivity contribution in [2.24, 2.45) is 0 Å². The molecule has 0 unspecified atom stereocenters. The second-order valence-corrected chi connectivity index (χ2v) is 5.42. The fraction of sp³-hybridized carbons (Fsp3) is 0.105. The highest BCUT2D eigenvalue weighted by Gasteiger charge is 2.00. The molecule has 1 heterocycles. The molecule has 3 aromatic rings. The number of rotatable bonds is 3. The first kappa shape index (κ1) is 14.1. The van der Waals surface area contributed by atoms with Crippen LogP contribution in [0.2, 0.25) is 0 Å². The molecule has 22 heavy (non-hydrogen) atoms. The fourth-order valence-electron chi connectivity index (χ4n) is 2.37. The number of nitrogens with zero attached hydrogens (tertiary/aromatic N) is 2. The molecule has 110 valence electrons. The van der Waals surface area contributed by atoms with Gasteiger partial charge in [-0.25, -0.2) is 0 Å². The van der Waals surface area contributed by atoms with Crippen molar-refractivity contribution in [3.63, 3.8) is 0 Å². The lowest BCUT2D eigenvalue weighted by molar-refractivity contribution is 0.476. The summed E-state index contributed by atoms with van der Waals surface area (Å²) in [7, 11) is 4.06. The zero-order chi connectivity index (χ0) is 15.5. The van der Waals surface area contributed by atoms with Crippen LogP contribution in [0, 0.1) is 0 Å². The highest BCUT2D eigenvalue weighted by molar-refractivity contribution is 5.91. The Hall–Kier alpha value is -2.81. The average Bonchev–Trinajstić information content (AvgIpc) is 2.53. The van der Waals surface area contributed by atoms with Crippen LogP contribution in [0.1, 0.15) is 11.1 Å². The standard InChI is InChI=1S/C19H18N2O/c1-21(2)16-7-4-14(5-8-16)3-6-15-11-12-20-19-10-9-17(22)13-18(15)19/h3-13,22H,1-2H3/b6-3-. The third-order valence-corrected chi connectivity index (χ3v) is 3.62. The third kappa shape index (κ3) is 2.93. The number of aromatic nitrogens is 1. The van der Waals surface area contributed by atoms with Gasteiger partial charge in [0.25, 0.3) is 0 Å². The van der Waals surface area contributed by atoms with E-state index in [1.165, 1.54) is 5.69 Å². The van der Waals surface area contributed by atoms with Gasteiger partial charge in [-0.2, -0.15) is 0 Å². The lowest BCUT2D eigenvalue weighted by Crippen LogP contribution is -2.07. The van der Waals surface area contributed by atoms with E-state index in [0.29, 0.717) is 0 Å². The molecular weight excluding hydrogens is 272 g/mol. The van der Waals surface area contributed by atoms with Gasteiger partial charge >= 0.3 is 0 Å². The molecule has 0 aliphatic rings. The van der Waals surface area contributed by atoms with E-state index < -0.39 is 0 Å². The van der Waals surface area contributed by atoms with Crippen molar-refractivity contribution in [1.82, 2.24) is 4.98 Å². The molecule has 3 heteroatoms. The summed E-state index contributed by atoms with van der Waals surface area (Å²) in [5.41, 5.74) is 4.23. The molecule has 1 N–H and O–H groups in total. The smallest absolute Gasteiger partial charge is 0.116 e. The van der Waals surface area contributed by atoms with Crippen LogP contribution >= 0.6 is 0 Å². The molecule has 0 atom stereocenters. The van der Waals surface area contributed by atoms with Gasteiger partial charge in [0.1, 0.15) is 5.75 Å².